The van der Waals surface area contributed by atoms with E-state index in [2.05, 4.69) is 0 Å². The second-order valence-electron chi connectivity index (χ2n) is 5.64. The highest BCUT2D eigenvalue weighted by Gasteiger charge is 2.28. The van der Waals surface area contributed by atoms with Gasteiger partial charge in [0.15, 0.2) is 11.6 Å². The van der Waals surface area contributed by atoms with E-state index in [-0.39, 0.29) is 17.6 Å². The molecule has 0 saturated carbocycles. The molecular weight excluding hydrogens is 317 g/mol. The van der Waals surface area contributed by atoms with Gasteiger partial charge in [-0.2, -0.15) is 0 Å². The highest BCUT2D eigenvalue weighted by atomic mass is 35.5. The SMILES string of the molecule is COc1cc(C(=O)N2CC[C@H](c3cccc(Cl)c3)C2)ccc1F. The minimum atomic E-state index is -0.470. The number of carbonyl (C=O) groups is 1. The quantitative estimate of drug-likeness (QED) is 0.845. The standard InChI is InChI=1S/C18H17ClFNO2/c1-23-17-10-13(5-6-16(17)20)18(22)21-8-7-14(11-21)12-3-2-4-15(19)9-12/h2-6,9-10,14H,7-8,11H2,1H3/t14-/m0/s1. The molecule has 2 aromatic rings. The van der Waals surface area contributed by atoms with Gasteiger partial charge in [-0.15, -0.1) is 0 Å². The van der Waals surface area contributed by atoms with Crippen LogP contribution in [-0.4, -0.2) is 31.0 Å². The van der Waals surface area contributed by atoms with Gasteiger partial charge >= 0.3 is 0 Å². The van der Waals surface area contributed by atoms with Crippen molar-refractivity contribution in [3.63, 3.8) is 0 Å². The summed E-state index contributed by atoms with van der Waals surface area (Å²) in [7, 11) is 1.39. The summed E-state index contributed by atoms with van der Waals surface area (Å²) < 4.78 is 18.4. The monoisotopic (exact) mass is 333 g/mol. The fourth-order valence-corrected chi connectivity index (χ4v) is 3.15. The molecule has 0 N–H and O–H groups in total. The Balaban J connectivity index is 1.75. The van der Waals surface area contributed by atoms with Crippen LogP contribution in [0.4, 0.5) is 4.39 Å². The van der Waals surface area contributed by atoms with Crippen molar-refractivity contribution in [1.82, 2.24) is 4.90 Å². The summed E-state index contributed by atoms with van der Waals surface area (Å²) in [5.41, 5.74) is 1.58. The normalized spacial score (nSPS) is 17.3. The van der Waals surface area contributed by atoms with Crippen LogP contribution >= 0.6 is 11.6 Å². The van der Waals surface area contributed by atoms with Crippen molar-refractivity contribution in [2.45, 2.75) is 12.3 Å². The number of methoxy groups -OCH3 is 1. The Morgan fingerprint density at radius 1 is 1.30 bits per heavy atom. The maximum atomic E-state index is 13.5. The highest BCUT2D eigenvalue weighted by molar-refractivity contribution is 6.30. The minimum absolute atomic E-state index is 0.0847. The van der Waals surface area contributed by atoms with Gasteiger partial charge in [0.25, 0.3) is 5.91 Å². The summed E-state index contributed by atoms with van der Waals surface area (Å²) in [4.78, 5) is 14.4. The van der Waals surface area contributed by atoms with Gasteiger partial charge in [0.05, 0.1) is 7.11 Å². The number of halogens is 2. The Morgan fingerprint density at radius 2 is 2.13 bits per heavy atom. The number of amides is 1. The predicted molar refractivity (Wildman–Crippen MR) is 87.7 cm³/mol. The number of hydrogen-bond donors (Lipinski definition) is 0. The van der Waals surface area contributed by atoms with Crippen molar-refractivity contribution in [1.29, 1.82) is 0 Å². The molecule has 1 heterocycles. The summed E-state index contributed by atoms with van der Waals surface area (Å²) in [5, 5.41) is 0.704. The number of hydrogen-bond acceptors (Lipinski definition) is 2. The molecule has 0 unspecified atom stereocenters. The molecule has 1 atom stereocenters. The van der Waals surface area contributed by atoms with E-state index in [9.17, 15) is 9.18 Å². The molecule has 3 nitrogen and oxygen atoms in total. The van der Waals surface area contributed by atoms with Gasteiger partial charge in [-0.05, 0) is 42.3 Å². The van der Waals surface area contributed by atoms with Crippen molar-refractivity contribution in [2.24, 2.45) is 0 Å². The molecule has 1 saturated heterocycles. The lowest BCUT2D eigenvalue weighted by Crippen LogP contribution is -2.28. The van der Waals surface area contributed by atoms with E-state index in [4.69, 9.17) is 16.3 Å². The number of nitrogens with zero attached hydrogens (tertiary/aromatic N) is 1. The molecule has 0 radical (unpaired) electrons. The first-order chi connectivity index (χ1) is 11.1. The number of rotatable bonds is 3. The number of carbonyl (C=O) groups excluding carboxylic acids is 1. The third kappa shape index (κ3) is 3.32. The van der Waals surface area contributed by atoms with E-state index >= 15 is 0 Å². The number of likely N-dealkylation sites (tertiary alicyclic amines) is 1. The minimum Gasteiger partial charge on any atom is -0.494 e. The van der Waals surface area contributed by atoms with Crippen LogP contribution in [0.3, 0.4) is 0 Å². The fourth-order valence-electron chi connectivity index (χ4n) is 2.95. The Bertz CT molecular complexity index is 735. The van der Waals surface area contributed by atoms with Gasteiger partial charge in [-0.25, -0.2) is 4.39 Å². The van der Waals surface area contributed by atoms with E-state index in [0.29, 0.717) is 23.7 Å². The molecule has 1 amide bonds. The zero-order valence-corrected chi connectivity index (χ0v) is 13.5. The van der Waals surface area contributed by atoms with Crippen molar-refractivity contribution >= 4 is 17.5 Å². The molecule has 1 aliphatic rings. The van der Waals surface area contributed by atoms with Crippen LogP contribution in [0.25, 0.3) is 0 Å². The van der Waals surface area contributed by atoms with Crippen LogP contribution in [0.15, 0.2) is 42.5 Å². The molecule has 5 heteroatoms. The average molecular weight is 334 g/mol. The fraction of sp³-hybridized carbons (Fsp3) is 0.278. The van der Waals surface area contributed by atoms with Gasteiger partial charge in [0.2, 0.25) is 0 Å². The first-order valence-electron chi connectivity index (χ1n) is 7.47. The zero-order chi connectivity index (χ0) is 16.4. The van der Waals surface area contributed by atoms with Crippen LogP contribution in [0, 0.1) is 5.82 Å². The van der Waals surface area contributed by atoms with Crippen LogP contribution in [-0.2, 0) is 0 Å². The summed E-state index contributed by atoms with van der Waals surface area (Å²) in [6.07, 6.45) is 0.893. The second kappa shape index (κ2) is 6.59. The van der Waals surface area contributed by atoms with Crippen molar-refractivity contribution in [3.05, 3.63) is 64.4 Å². The maximum absolute atomic E-state index is 13.5. The summed E-state index contributed by atoms with van der Waals surface area (Å²) in [5.74, 6) is -0.212. The molecule has 0 aromatic heterocycles. The van der Waals surface area contributed by atoms with E-state index in [1.54, 1.807) is 4.90 Å². The highest BCUT2D eigenvalue weighted by Crippen LogP contribution is 2.30. The molecule has 23 heavy (non-hydrogen) atoms. The van der Waals surface area contributed by atoms with Gasteiger partial charge < -0.3 is 9.64 Å². The zero-order valence-electron chi connectivity index (χ0n) is 12.8. The third-order valence-corrected chi connectivity index (χ3v) is 4.43. The second-order valence-corrected chi connectivity index (χ2v) is 6.08. The topological polar surface area (TPSA) is 29.5 Å². The summed E-state index contributed by atoms with van der Waals surface area (Å²) >= 11 is 6.04. The van der Waals surface area contributed by atoms with E-state index in [0.717, 1.165) is 12.0 Å². The molecule has 0 aliphatic carbocycles. The lowest BCUT2D eigenvalue weighted by molar-refractivity contribution is 0.0790. The van der Waals surface area contributed by atoms with Crippen molar-refractivity contribution in [2.75, 3.05) is 20.2 Å². The third-order valence-electron chi connectivity index (χ3n) is 4.19. The number of benzene rings is 2. The molecule has 3 rings (SSSR count). The van der Waals surface area contributed by atoms with Gasteiger partial charge in [0, 0.05) is 29.6 Å². The first-order valence-corrected chi connectivity index (χ1v) is 7.84. The van der Waals surface area contributed by atoms with Crippen LogP contribution < -0.4 is 4.74 Å². The van der Waals surface area contributed by atoms with Crippen molar-refractivity contribution in [3.8, 4) is 5.75 Å². The van der Waals surface area contributed by atoms with E-state index < -0.39 is 5.82 Å². The largest absolute Gasteiger partial charge is 0.494 e. The molecule has 1 aliphatic heterocycles. The van der Waals surface area contributed by atoms with Gasteiger partial charge in [-0.1, -0.05) is 23.7 Å². The molecule has 120 valence electrons. The predicted octanol–water partition coefficient (Wildman–Crippen LogP) is 4.12. The van der Waals surface area contributed by atoms with Gasteiger partial charge in [0.1, 0.15) is 0 Å². The lowest BCUT2D eigenvalue weighted by Gasteiger charge is -2.17. The average Bonchev–Trinajstić information content (AvgIpc) is 3.04. The Hall–Kier alpha value is -2.07. The smallest absolute Gasteiger partial charge is 0.254 e. The van der Waals surface area contributed by atoms with Crippen LogP contribution in [0.5, 0.6) is 5.75 Å². The molecule has 0 spiro atoms. The molecule has 0 bridgehead atoms. The molecule has 1 fully saturated rings. The van der Waals surface area contributed by atoms with Crippen molar-refractivity contribution < 1.29 is 13.9 Å². The Labute approximate surface area is 139 Å². The first kappa shape index (κ1) is 15.8. The Kier molecular flexibility index (Phi) is 4.53. The van der Waals surface area contributed by atoms with Crippen LogP contribution in [0.2, 0.25) is 5.02 Å². The molecular formula is C18H17ClFNO2. The number of ether oxygens (including phenoxy) is 1. The molecule has 2 aromatic carbocycles. The Morgan fingerprint density at radius 3 is 2.87 bits per heavy atom. The van der Waals surface area contributed by atoms with Gasteiger partial charge in [-0.3, -0.25) is 4.79 Å². The van der Waals surface area contributed by atoms with E-state index in [1.165, 1.54) is 25.3 Å². The maximum Gasteiger partial charge on any atom is 0.254 e. The van der Waals surface area contributed by atoms with Crippen LogP contribution in [0.1, 0.15) is 28.3 Å². The van der Waals surface area contributed by atoms with E-state index in [1.807, 2.05) is 24.3 Å². The summed E-state index contributed by atoms with van der Waals surface area (Å²) in [6.45, 7) is 1.31. The lowest BCUT2D eigenvalue weighted by atomic mass is 9.99. The summed E-state index contributed by atoms with van der Waals surface area (Å²) in [6, 6.07) is 11.9.